The summed E-state index contributed by atoms with van der Waals surface area (Å²) in [5, 5.41) is 11.4. The molecule has 1 aromatic heterocycles. The van der Waals surface area contributed by atoms with Crippen molar-refractivity contribution in [1.29, 1.82) is 0 Å². The number of carbonyl (C=O) groups is 3. The molecule has 1 heterocycles. The van der Waals surface area contributed by atoms with Crippen LogP contribution in [0.2, 0.25) is 0 Å². The first-order chi connectivity index (χ1) is 12.4. The summed E-state index contributed by atoms with van der Waals surface area (Å²) in [6, 6.07) is 13.6. The maximum Gasteiger partial charge on any atom is 0.316 e. The molecule has 0 saturated heterocycles. The first kappa shape index (κ1) is 17.7. The van der Waals surface area contributed by atoms with E-state index in [1.165, 1.54) is 6.07 Å². The second-order valence-corrected chi connectivity index (χ2v) is 6.04. The number of hydrogen-bond acceptors (Lipinski definition) is 5. The van der Waals surface area contributed by atoms with Gasteiger partial charge in [-0.15, -0.1) is 12.6 Å². The van der Waals surface area contributed by atoms with Crippen LogP contribution in [0, 0.1) is 0 Å². The molecule has 0 spiro atoms. The van der Waals surface area contributed by atoms with Crippen LogP contribution < -0.4 is 5.32 Å². The Balaban J connectivity index is 1.88. The summed E-state index contributed by atoms with van der Waals surface area (Å²) in [5.41, 5.74) is 1.64. The number of hydrogen-bond donors (Lipinski definition) is 3. The number of para-hydroxylation sites is 1. The van der Waals surface area contributed by atoms with Gasteiger partial charge >= 0.3 is 5.97 Å². The highest BCUT2D eigenvalue weighted by atomic mass is 32.1. The number of aromatic nitrogens is 1. The Morgan fingerprint density at radius 2 is 1.88 bits per heavy atom. The van der Waals surface area contributed by atoms with Crippen molar-refractivity contribution in [3.8, 4) is 0 Å². The average Bonchev–Trinajstić information content (AvgIpc) is 3.02. The van der Waals surface area contributed by atoms with Crippen LogP contribution in [0.3, 0.4) is 0 Å². The standard InChI is InChI=1S/C18H14N2O5S/c21-15(26)9-12(18(23)24)17-20-13-7-6-10(8-14(13)25-17)16(22)19-11-4-2-1-3-5-11/h1-8,12H,9H2,(H,19,22)(H,21,26)(H,23,24). The second kappa shape index (κ2) is 7.40. The van der Waals surface area contributed by atoms with Gasteiger partial charge in [-0.3, -0.25) is 14.4 Å². The Morgan fingerprint density at radius 1 is 1.15 bits per heavy atom. The SMILES string of the molecule is O=C(S)CC(C(=O)O)c1nc2ccc(C(=O)Nc3ccccc3)cc2o1. The van der Waals surface area contributed by atoms with E-state index in [2.05, 4.69) is 22.9 Å². The molecule has 132 valence electrons. The second-order valence-electron chi connectivity index (χ2n) is 5.54. The van der Waals surface area contributed by atoms with Crippen molar-refractivity contribution in [1.82, 2.24) is 4.98 Å². The molecule has 3 aromatic rings. The van der Waals surface area contributed by atoms with Gasteiger partial charge < -0.3 is 14.8 Å². The minimum absolute atomic E-state index is 0.101. The van der Waals surface area contributed by atoms with Crippen molar-refractivity contribution < 1.29 is 23.9 Å². The summed E-state index contributed by atoms with van der Waals surface area (Å²) >= 11 is 3.61. The molecule has 8 heteroatoms. The van der Waals surface area contributed by atoms with Crippen LogP contribution in [0.25, 0.3) is 11.1 Å². The highest BCUT2D eigenvalue weighted by Crippen LogP contribution is 2.26. The number of anilines is 1. The maximum absolute atomic E-state index is 12.3. The lowest BCUT2D eigenvalue weighted by molar-refractivity contribution is -0.140. The molecular formula is C18H14N2O5S. The van der Waals surface area contributed by atoms with Gasteiger partial charge in [0.05, 0.1) is 0 Å². The fourth-order valence-corrected chi connectivity index (χ4v) is 2.59. The number of oxazole rings is 1. The van der Waals surface area contributed by atoms with E-state index in [9.17, 15) is 19.5 Å². The van der Waals surface area contributed by atoms with Crippen molar-refractivity contribution in [2.45, 2.75) is 12.3 Å². The van der Waals surface area contributed by atoms with Crippen LogP contribution in [-0.2, 0) is 9.59 Å². The van der Waals surface area contributed by atoms with E-state index in [-0.39, 0.29) is 23.8 Å². The number of carbonyl (C=O) groups excluding carboxylic acids is 2. The van der Waals surface area contributed by atoms with Crippen molar-refractivity contribution in [2.75, 3.05) is 5.32 Å². The molecule has 0 aliphatic heterocycles. The largest absolute Gasteiger partial charge is 0.481 e. The van der Waals surface area contributed by atoms with E-state index in [0.717, 1.165) is 0 Å². The maximum atomic E-state index is 12.3. The Hall–Kier alpha value is -3.13. The van der Waals surface area contributed by atoms with E-state index in [4.69, 9.17) is 4.42 Å². The van der Waals surface area contributed by atoms with Crippen molar-refractivity contribution >= 4 is 46.4 Å². The summed E-state index contributed by atoms with van der Waals surface area (Å²) in [4.78, 5) is 38.9. The zero-order valence-corrected chi connectivity index (χ0v) is 14.3. The van der Waals surface area contributed by atoms with E-state index in [1.54, 1.807) is 36.4 Å². The molecule has 0 saturated carbocycles. The van der Waals surface area contributed by atoms with Crippen LogP contribution in [0.4, 0.5) is 5.69 Å². The zero-order chi connectivity index (χ0) is 18.7. The zero-order valence-electron chi connectivity index (χ0n) is 13.4. The lowest BCUT2D eigenvalue weighted by atomic mass is 10.1. The van der Waals surface area contributed by atoms with Crippen LogP contribution >= 0.6 is 12.6 Å². The molecule has 2 aromatic carbocycles. The van der Waals surface area contributed by atoms with E-state index < -0.39 is 17.0 Å². The van der Waals surface area contributed by atoms with Crippen molar-refractivity contribution in [3.63, 3.8) is 0 Å². The van der Waals surface area contributed by atoms with Gasteiger partial charge in [0.2, 0.25) is 5.89 Å². The quantitative estimate of drug-likeness (QED) is 0.575. The predicted molar refractivity (Wildman–Crippen MR) is 97.4 cm³/mol. The molecule has 0 fully saturated rings. The van der Waals surface area contributed by atoms with Crippen molar-refractivity contribution in [2.24, 2.45) is 0 Å². The summed E-state index contributed by atoms with van der Waals surface area (Å²) in [6.07, 6.45) is -0.341. The Morgan fingerprint density at radius 3 is 2.54 bits per heavy atom. The minimum atomic E-state index is -1.24. The first-order valence-electron chi connectivity index (χ1n) is 7.65. The summed E-state index contributed by atoms with van der Waals surface area (Å²) < 4.78 is 5.48. The Kier molecular flexibility index (Phi) is 5.04. The summed E-state index contributed by atoms with van der Waals surface area (Å²) in [5.74, 6) is -2.90. The molecule has 26 heavy (non-hydrogen) atoms. The van der Waals surface area contributed by atoms with Crippen LogP contribution in [0.15, 0.2) is 52.9 Å². The van der Waals surface area contributed by atoms with Gasteiger partial charge in [0, 0.05) is 17.7 Å². The number of aliphatic carboxylic acids is 1. The molecule has 0 aliphatic rings. The summed E-state index contributed by atoms with van der Waals surface area (Å²) in [6.45, 7) is 0. The normalized spacial score (nSPS) is 11.9. The first-order valence-corrected chi connectivity index (χ1v) is 8.10. The molecule has 0 bridgehead atoms. The highest BCUT2D eigenvalue weighted by Gasteiger charge is 2.27. The molecule has 0 aliphatic carbocycles. The number of benzene rings is 2. The fraction of sp³-hybridized carbons (Fsp3) is 0.111. The van der Waals surface area contributed by atoms with Crippen molar-refractivity contribution in [3.05, 3.63) is 60.0 Å². The number of nitrogens with zero attached hydrogens (tertiary/aromatic N) is 1. The van der Waals surface area contributed by atoms with Gasteiger partial charge in [-0.1, -0.05) is 18.2 Å². The summed E-state index contributed by atoms with van der Waals surface area (Å²) in [7, 11) is 0. The third-order valence-electron chi connectivity index (χ3n) is 3.67. The van der Waals surface area contributed by atoms with Gasteiger partial charge in [0.25, 0.3) is 5.91 Å². The number of carboxylic acids is 1. The van der Waals surface area contributed by atoms with Gasteiger partial charge in [0.1, 0.15) is 11.4 Å². The number of amides is 1. The van der Waals surface area contributed by atoms with Gasteiger partial charge in [-0.2, -0.15) is 0 Å². The van der Waals surface area contributed by atoms with Gasteiger partial charge in [-0.05, 0) is 30.3 Å². The minimum Gasteiger partial charge on any atom is -0.481 e. The molecule has 7 nitrogen and oxygen atoms in total. The van der Waals surface area contributed by atoms with E-state index >= 15 is 0 Å². The number of carboxylic acid groups (broad SMARTS) is 1. The number of nitrogens with one attached hydrogen (secondary N) is 1. The lowest BCUT2D eigenvalue weighted by Crippen LogP contribution is -2.14. The van der Waals surface area contributed by atoms with Crippen LogP contribution in [-0.4, -0.2) is 27.1 Å². The van der Waals surface area contributed by atoms with E-state index in [0.29, 0.717) is 16.8 Å². The highest BCUT2D eigenvalue weighted by molar-refractivity contribution is 7.96. The molecular weight excluding hydrogens is 356 g/mol. The van der Waals surface area contributed by atoms with Gasteiger partial charge in [-0.25, -0.2) is 4.98 Å². The molecule has 3 rings (SSSR count). The molecule has 0 radical (unpaired) electrons. The Labute approximate surface area is 153 Å². The van der Waals surface area contributed by atoms with E-state index in [1.807, 2.05) is 6.07 Å². The Bertz CT molecular complexity index is 984. The van der Waals surface area contributed by atoms with Crippen LogP contribution in [0.1, 0.15) is 28.6 Å². The van der Waals surface area contributed by atoms with Gasteiger partial charge in [0.15, 0.2) is 10.7 Å². The third kappa shape index (κ3) is 3.92. The monoisotopic (exact) mass is 370 g/mol. The average molecular weight is 370 g/mol. The number of fused-ring (bicyclic) bond motifs is 1. The smallest absolute Gasteiger partial charge is 0.316 e. The lowest BCUT2D eigenvalue weighted by Gasteiger charge is -2.04. The third-order valence-corrected chi connectivity index (χ3v) is 3.86. The topological polar surface area (TPSA) is 110 Å². The number of thiol groups is 1. The molecule has 1 atom stereocenters. The molecule has 1 amide bonds. The van der Waals surface area contributed by atoms with Crippen LogP contribution in [0.5, 0.6) is 0 Å². The fourth-order valence-electron chi connectivity index (χ4n) is 2.41. The predicted octanol–water partition coefficient (Wildman–Crippen LogP) is 3.09. The molecule has 1 unspecified atom stereocenters. The number of rotatable bonds is 6. The molecule has 2 N–H and O–H groups in total.